The maximum atomic E-state index is 13.1. The van der Waals surface area contributed by atoms with Gasteiger partial charge in [0.25, 0.3) is 0 Å². The van der Waals surface area contributed by atoms with Gasteiger partial charge in [-0.3, -0.25) is 9.88 Å². The van der Waals surface area contributed by atoms with Crippen LogP contribution >= 0.6 is 11.6 Å². The van der Waals surface area contributed by atoms with Crippen molar-refractivity contribution in [2.75, 3.05) is 31.5 Å². The second kappa shape index (κ2) is 8.14. The second-order valence-electron chi connectivity index (χ2n) is 6.24. The molecule has 1 fully saturated rings. The van der Waals surface area contributed by atoms with Gasteiger partial charge in [0.05, 0.1) is 11.3 Å². The van der Waals surface area contributed by atoms with Crippen LogP contribution in [0.5, 0.6) is 0 Å². The van der Waals surface area contributed by atoms with Crippen LogP contribution in [0.4, 0.5) is 23.7 Å². The van der Waals surface area contributed by atoms with Gasteiger partial charge in [0, 0.05) is 50.1 Å². The molecule has 3 rings (SSSR count). The molecule has 0 unspecified atom stereocenters. The summed E-state index contributed by atoms with van der Waals surface area (Å²) < 4.78 is 39.4. The van der Waals surface area contributed by atoms with Gasteiger partial charge < -0.3 is 10.2 Å². The van der Waals surface area contributed by atoms with Crippen LogP contribution in [0.25, 0.3) is 0 Å². The first-order chi connectivity index (χ1) is 12.8. The molecule has 0 spiro atoms. The Morgan fingerprint density at radius 1 is 1.19 bits per heavy atom. The standard InChI is InChI=1S/C18H18ClF3N4O/c19-14-3-4-16(15(10-14)18(20,21)22)24-17(27)26-8-6-25(7-9-26)12-13-2-1-5-23-11-13/h1-5,10-11H,6-9,12H2,(H,24,27). The molecule has 0 radical (unpaired) electrons. The quantitative estimate of drug-likeness (QED) is 0.846. The van der Waals surface area contributed by atoms with Crippen LogP contribution < -0.4 is 5.32 Å². The zero-order chi connectivity index (χ0) is 19.4. The maximum Gasteiger partial charge on any atom is 0.418 e. The summed E-state index contributed by atoms with van der Waals surface area (Å²) in [6.45, 7) is 2.85. The van der Waals surface area contributed by atoms with Crippen molar-refractivity contribution in [3.8, 4) is 0 Å². The highest BCUT2D eigenvalue weighted by Crippen LogP contribution is 2.36. The van der Waals surface area contributed by atoms with Crippen LogP contribution in [0.15, 0.2) is 42.7 Å². The Morgan fingerprint density at radius 3 is 2.56 bits per heavy atom. The molecule has 1 aromatic carbocycles. The molecule has 1 aromatic heterocycles. The van der Waals surface area contributed by atoms with E-state index in [0.29, 0.717) is 26.2 Å². The Kier molecular flexibility index (Phi) is 5.86. The molecule has 1 aliphatic rings. The number of rotatable bonds is 3. The highest BCUT2D eigenvalue weighted by molar-refractivity contribution is 6.30. The van der Waals surface area contributed by atoms with E-state index in [-0.39, 0.29) is 10.7 Å². The van der Waals surface area contributed by atoms with E-state index in [9.17, 15) is 18.0 Å². The van der Waals surface area contributed by atoms with Gasteiger partial charge in [0.1, 0.15) is 0 Å². The first-order valence-electron chi connectivity index (χ1n) is 8.37. The number of halogens is 4. The summed E-state index contributed by atoms with van der Waals surface area (Å²) in [5.74, 6) is 0. The third kappa shape index (κ3) is 5.11. The molecule has 0 atom stereocenters. The average molecular weight is 399 g/mol. The fourth-order valence-corrected chi connectivity index (χ4v) is 3.09. The number of aromatic nitrogens is 1. The zero-order valence-corrected chi connectivity index (χ0v) is 15.1. The molecule has 1 N–H and O–H groups in total. The fraction of sp³-hybridized carbons (Fsp3) is 0.333. The van der Waals surface area contributed by atoms with Crippen molar-refractivity contribution in [2.24, 2.45) is 0 Å². The Bertz CT molecular complexity index is 793. The number of carbonyl (C=O) groups is 1. The number of amides is 2. The van der Waals surface area contributed by atoms with E-state index in [4.69, 9.17) is 11.6 Å². The van der Waals surface area contributed by atoms with Crippen LogP contribution in [-0.4, -0.2) is 47.0 Å². The van der Waals surface area contributed by atoms with E-state index in [0.717, 1.165) is 18.2 Å². The Hall–Kier alpha value is -2.32. The molecule has 0 bridgehead atoms. The Labute approximate surface area is 159 Å². The minimum Gasteiger partial charge on any atom is -0.322 e. The van der Waals surface area contributed by atoms with Gasteiger partial charge in [0.15, 0.2) is 0 Å². The van der Waals surface area contributed by atoms with Crippen molar-refractivity contribution >= 4 is 23.3 Å². The van der Waals surface area contributed by atoms with E-state index >= 15 is 0 Å². The number of urea groups is 1. The third-order valence-corrected chi connectivity index (χ3v) is 4.55. The summed E-state index contributed by atoms with van der Waals surface area (Å²) in [5.41, 5.74) is -0.181. The molecular formula is C18H18ClF3N4O. The zero-order valence-electron chi connectivity index (χ0n) is 14.3. The minimum atomic E-state index is -4.60. The van der Waals surface area contributed by atoms with E-state index < -0.39 is 17.8 Å². The maximum absolute atomic E-state index is 13.1. The minimum absolute atomic E-state index is 0.0376. The predicted octanol–water partition coefficient (Wildman–Crippen LogP) is 4.10. The topological polar surface area (TPSA) is 48.5 Å². The van der Waals surface area contributed by atoms with Gasteiger partial charge in [-0.05, 0) is 29.8 Å². The lowest BCUT2D eigenvalue weighted by molar-refractivity contribution is -0.136. The van der Waals surface area contributed by atoms with Crippen LogP contribution in [0.3, 0.4) is 0 Å². The molecule has 1 aliphatic heterocycles. The van der Waals surface area contributed by atoms with E-state index in [1.165, 1.54) is 17.0 Å². The fourth-order valence-electron chi connectivity index (χ4n) is 2.91. The number of nitrogens with one attached hydrogen (secondary N) is 1. The number of hydrogen-bond acceptors (Lipinski definition) is 3. The summed E-state index contributed by atoms with van der Waals surface area (Å²) in [6, 6.07) is 6.58. The number of anilines is 1. The van der Waals surface area contributed by atoms with Crippen LogP contribution in [0, 0.1) is 0 Å². The number of hydrogen-bond donors (Lipinski definition) is 1. The van der Waals surface area contributed by atoms with Gasteiger partial charge in [-0.2, -0.15) is 13.2 Å². The molecule has 2 heterocycles. The number of piperazine rings is 1. The Morgan fingerprint density at radius 2 is 1.93 bits per heavy atom. The molecule has 2 amide bonds. The first kappa shape index (κ1) is 19.4. The van der Waals surface area contributed by atoms with Crippen LogP contribution in [-0.2, 0) is 12.7 Å². The molecule has 27 heavy (non-hydrogen) atoms. The second-order valence-corrected chi connectivity index (χ2v) is 6.68. The van der Waals surface area contributed by atoms with Gasteiger partial charge >= 0.3 is 12.2 Å². The monoisotopic (exact) mass is 398 g/mol. The highest BCUT2D eigenvalue weighted by Gasteiger charge is 2.34. The smallest absolute Gasteiger partial charge is 0.322 e. The summed E-state index contributed by atoms with van der Waals surface area (Å²) in [7, 11) is 0. The summed E-state index contributed by atoms with van der Waals surface area (Å²) in [4.78, 5) is 20.1. The van der Waals surface area contributed by atoms with Crippen molar-refractivity contribution in [3.63, 3.8) is 0 Å². The largest absolute Gasteiger partial charge is 0.418 e. The molecule has 0 aliphatic carbocycles. The lowest BCUT2D eigenvalue weighted by Crippen LogP contribution is -2.49. The SMILES string of the molecule is O=C(Nc1ccc(Cl)cc1C(F)(F)F)N1CCN(Cc2cccnc2)CC1. The molecule has 9 heteroatoms. The van der Waals surface area contributed by atoms with Gasteiger partial charge in [-0.15, -0.1) is 0 Å². The van der Waals surface area contributed by atoms with Crippen molar-refractivity contribution in [3.05, 3.63) is 58.9 Å². The third-order valence-electron chi connectivity index (χ3n) is 4.32. The molecule has 0 saturated carbocycles. The Balaban J connectivity index is 1.59. The van der Waals surface area contributed by atoms with Crippen molar-refractivity contribution in [1.82, 2.24) is 14.8 Å². The van der Waals surface area contributed by atoms with E-state index in [1.54, 1.807) is 12.4 Å². The van der Waals surface area contributed by atoms with Crippen molar-refractivity contribution in [1.29, 1.82) is 0 Å². The lowest BCUT2D eigenvalue weighted by atomic mass is 10.1. The lowest BCUT2D eigenvalue weighted by Gasteiger charge is -2.34. The molecule has 2 aromatic rings. The summed E-state index contributed by atoms with van der Waals surface area (Å²) in [5, 5.41) is 2.32. The molecule has 1 saturated heterocycles. The van der Waals surface area contributed by atoms with Gasteiger partial charge in [0.2, 0.25) is 0 Å². The highest BCUT2D eigenvalue weighted by atomic mass is 35.5. The number of carbonyl (C=O) groups excluding carboxylic acids is 1. The molecular weight excluding hydrogens is 381 g/mol. The average Bonchev–Trinajstić information content (AvgIpc) is 2.64. The van der Waals surface area contributed by atoms with Gasteiger partial charge in [-0.1, -0.05) is 17.7 Å². The molecule has 144 valence electrons. The predicted molar refractivity (Wildman–Crippen MR) is 96.6 cm³/mol. The summed E-state index contributed by atoms with van der Waals surface area (Å²) in [6.07, 6.45) is -1.11. The molecule has 5 nitrogen and oxygen atoms in total. The number of benzene rings is 1. The summed E-state index contributed by atoms with van der Waals surface area (Å²) >= 11 is 5.66. The van der Waals surface area contributed by atoms with Crippen molar-refractivity contribution in [2.45, 2.75) is 12.7 Å². The number of alkyl halides is 3. The van der Waals surface area contributed by atoms with Crippen LogP contribution in [0.1, 0.15) is 11.1 Å². The van der Waals surface area contributed by atoms with E-state index in [2.05, 4.69) is 15.2 Å². The normalized spacial score (nSPS) is 15.6. The van der Waals surface area contributed by atoms with Crippen molar-refractivity contribution < 1.29 is 18.0 Å². The first-order valence-corrected chi connectivity index (χ1v) is 8.74. The van der Waals surface area contributed by atoms with Gasteiger partial charge in [-0.25, -0.2) is 4.79 Å². The van der Waals surface area contributed by atoms with Crippen LogP contribution in [0.2, 0.25) is 5.02 Å². The number of pyridine rings is 1. The van der Waals surface area contributed by atoms with E-state index in [1.807, 2.05) is 12.1 Å². The number of nitrogens with zero attached hydrogens (tertiary/aromatic N) is 3.